The lowest BCUT2D eigenvalue weighted by atomic mass is 9.80. The van der Waals surface area contributed by atoms with Gasteiger partial charge in [0, 0.05) is 17.5 Å². The Morgan fingerprint density at radius 2 is 1.88 bits per heavy atom. The molecular formula is C29H38N8O2S. The van der Waals surface area contributed by atoms with Crippen LogP contribution in [0.4, 0.5) is 5.82 Å². The van der Waals surface area contributed by atoms with Crippen molar-refractivity contribution in [2.75, 3.05) is 5.32 Å². The normalized spacial score (nSPS) is 23.3. The van der Waals surface area contributed by atoms with Crippen molar-refractivity contribution in [3.63, 3.8) is 0 Å². The number of imidazole rings is 1. The van der Waals surface area contributed by atoms with Crippen molar-refractivity contribution in [2.45, 2.75) is 103 Å². The zero-order valence-corrected chi connectivity index (χ0v) is 24.6. The van der Waals surface area contributed by atoms with Crippen molar-refractivity contribution >= 4 is 28.3 Å². The van der Waals surface area contributed by atoms with E-state index >= 15 is 0 Å². The minimum atomic E-state index is -0.625. The smallest absolute Gasteiger partial charge is 0.365 e. The van der Waals surface area contributed by atoms with Crippen LogP contribution in [0.3, 0.4) is 0 Å². The summed E-state index contributed by atoms with van der Waals surface area (Å²) in [6.07, 6.45) is 10.8. The first-order valence-electron chi connectivity index (χ1n) is 14.9. The SMILES string of the molecule is Cc1nc(C2(c3nc4nc(-c5noc(=O)[nH]5)nc(N[C@H](C)C5CCC5)c4n3C[C@H]3CC[C@H](C)CC3)CC2)c(C)s1. The summed E-state index contributed by atoms with van der Waals surface area (Å²) in [6.45, 7) is 9.78. The highest BCUT2D eigenvalue weighted by Crippen LogP contribution is 2.55. The molecule has 1 atom stereocenters. The fraction of sp³-hybridized carbons (Fsp3) is 0.655. The first-order valence-corrected chi connectivity index (χ1v) is 15.7. The van der Waals surface area contributed by atoms with E-state index in [-0.39, 0.29) is 17.3 Å². The Morgan fingerprint density at radius 3 is 2.48 bits per heavy atom. The highest BCUT2D eigenvalue weighted by Gasteiger charge is 2.53. The second kappa shape index (κ2) is 9.78. The third-order valence-electron chi connectivity index (χ3n) is 9.59. The van der Waals surface area contributed by atoms with E-state index in [1.54, 1.807) is 11.3 Å². The van der Waals surface area contributed by atoms with Crippen molar-refractivity contribution in [1.29, 1.82) is 0 Å². The van der Waals surface area contributed by atoms with Crippen LogP contribution in [0.2, 0.25) is 0 Å². The van der Waals surface area contributed by atoms with Gasteiger partial charge >= 0.3 is 5.76 Å². The molecular weight excluding hydrogens is 524 g/mol. The number of hydrogen-bond acceptors (Lipinski definition) is 9. The summed E-state index contributed by atoms with van der Waals surface area (Å²) in [4.78, 5) is 35.8. The van der Waals surface area contributed by atoms with Gasteiger partial charge in [-0.2, -0.15) is 0 Å². The van der Waals surface area contributed by atoms with E-state index in [2.05, 4.69) is 47.7 Å². The summed E-state index contributed by atoms with van der Waals surface area (Å²) in [7, 11) is 0. The number of nitrogens with one attached hydrogen (secondary N) is 2. The van der Waals surface area contributed by atoms with Gasteiger partial charge in [0.05, 0.1) is 16.1 Å². The van der Waals surface area contributed by atoms with E-state index in [0.29, 0.717) is 23.3 Å². The second-order valence-corrected chi connectivity index (χ2v) is 13.9. The summed E-state index contributed by atoms with van der Waals surface area (Å²) in [5, 5.41) is 8.74. The van der Waals surface area contributed by atoms with Crippen LogP contribution in [0.1, 0.15) is 93.0 Å². The van der Waals surface area contributed by atoms with Crippen LogP contribution in [0.15, 0.2) is 9.32 Å². The lowest BCUT2D eigenvalue weighted by Crippen LogP contribution is -2.31. The van der Waals surface area contributed by atoms with Crippen molar-refractivity contribution in [1.82, 2.24) is 34.6 Å². The maximum atomic E-state index is 11.8. The summed E-state index contributed by atoms with van der Waals surface area (Å²) in [6, 6.07) is 0.261. The Hall–Kier alpha value is -3.08. The third-order valence-corrected chi connectivity index (χ3v) is 10.5. The monoisotopic (exact) mass is 562 g/mol. The Balaban J connectivity index is 1.41. The molecule has 0 amide bonds. The molecule has 0 radical (unpaired) electrons. The van der Waals surface area contributed by atoms with Crippen LogP contribution < -0.4 is 11.1 Å². The molecule has 0 aliphatic heterocycles. The van der Waals surface area contributed by atoms with Gasteiger partial charge in [-0.15, -0.1) is 11.3 Å². The van der Waals surface area contributed by atoms with E-state index in [1.807, 2.05) is 0 Å². The number of thiazole rings is 1. The largest absolute Gasteiger partial charge is 0.439 e. The van der Waals surface area contributed by atoms with Gasteiger partial charge < -0.3 is 9.88 Å². The topological polar surface area (TPSA) is 127 Å². The van der Waals surface area contributed by atoms with Crippen LogP contribution >= 0.6 is 11.3 Å². The molecule has 4 heterocycles. The fourth-order valence-corrected chi connectivity index (χ4v) is 7.74. The first-order chi connectivity index (χ1) is 19.3. The molecule has 0 unspecified atom stereocenters. The van der Waals surface area contributed by atoms with E-state index in [9.17, 15) is 4.79 Å². The van der Waals surface area contributed by atoms with Crippen LogP contribution in [-0.4, -0.2) is 40.7 Å². The molecule has 2 N–H and O–H groups in total. The van der Waals surface area contributed by atoms with E-state index in [4.69, 9.17) is 24.5 Å². The molecule has 0 bridgehead atoms. The highest BCUT2D eigenvalue weighted by molar-refractivity contribution is 7.11. The van der Waals surface area contributed by atoms with Crippen LogP contribution in [0, 0.1) is 31.6 Å². The Morgan fingerprint density at radius 1 is 1.10 bits per heavy atom. The molecule has 0 aromatic carbocycles. The number of rotatable bonds is 8. The van der Waals surface area contributed by atoms with Crippen molar-refractivity contribution in [3.05, 3.63) is 32.0 Å². The molecule has 10 nitrogen and oxygen atoms in total. The molecule has 7 rings (SSSR count). The number of fused-ring (bicyclic) bond motifs is 1. The molecule has 4 aromatic heterocycles. The van der Waals surface area contributed by atoms with Crippen molar-refractivity contribution in [3.8, 4) is 11.6 Å². The number of aryl methyl sites for hydroxylation is 2. The van der Waals surface area contributed by atoms with Gasteiger partial charge in [0.15, 0.2) is 11.5 Å². The standard InChI is InChI=1S/C29H38N8O2S/c1-15-8-10-19(11-9-15)14-37-21-23(30-16(2)20-6-5-7-20)32-25(26-35-28(38)39-36-26)33-24(21)34-27(37)29(12-13-29)22-17(3)40-18(4)31-22/h15-16,19-20H,5-14H2,1-4H3,(H,30,32,33)(H,35,36,38)/t15-,16-,19-/m1/s1. The van der Waals surface area contributed by atoms with Crippen LogP contribution in [0.25, 0.3) is 22.8 Å². The molecule has 0 spiro atoms. The number of aromatic amines is 1. The summed E-state index contributed by atoms with van der Waals surface area (Å²) < 4.78 is 7.23. The molecule has 3 aliphatic rings. The first kappa shape index (κ1) is 25.9. The molecule has 3 fully saturated rings. The van der Waals surface area contributed by atoms with Crippen molar-refractivity contribution in [2.24, 2.45) is 17.8 Å². The van der Waals surface area contributed by atoms with Crippen LogP contribution in [0.5, 0.6) is 0 Å². The number of hydrogen-bond donors (Lipinski definition) is 2. The van der Waals surface area contributed by atoms with E-state index < -0.39 is 5.76 Å². The molecule has 4 aromatic rings. The fourth-order valence-electron chi connectivity index (χ4n) is 6.82. The zero-order valence-electron chi connectivity index (χ0n) is 23.8. The lowest BCUT2D eigenvalue weighted by molar-refractivity contribution is 0.263. The van der Waals surface area contributed by atoms with Gasteiger partial charge in [-0.05, 0) is 77.0 Å². The molecule has 40 heavy (non-hydrogen) atoms. The Labute approximate surface area is 237 Å². The number of anilines is 1. The van der Waals surface area contributed by atoms with Gasteiger partial charge in [0.1, 0.15) is 11.3 Å². The summed E-state index contributed by atoms with van der Waals surface area (Å²) >= 11 is 1.76. The Kier molecular flexibility index (Phi) is 6.32. The van der Waals surface area contributed by atoms with Gasteiger partial charge in [-0.3, -0.25) is 9.51 Å². The number of H-pyrrole nitrogens is 1. The molecule has 0 saturated heterocycles. The minimum Gasteiger partial charge on any atom is -0.365 e. The lowest BCUT2D eigenvalue weighted by Gasteiger charge is -2.32. The Bertz CT molecular complexity index is 1600. The average molecular weight is 563 g/mol. The zero-order chi connectivity index (χ0) is 27.6. The van der Waals surface area contributed by atoms with Gasteiger partial charge in [0.25, 0.3) is 0 Å². The summed E-state index contributed by atoms with van der Waals surface area (Å²) in [5.74, 6) is 3.71. The number of aromatic nitrogens is 7. The number of nitrogens with zero attached hydrogens (tertiary/aromatic N) is 6. The van der Waals surface area contributed by atoms with Gasteiger partial charge in [-0.1, -0.05) is 31.3 Å². The second-order valence-electron chi connectivity index (χ2n) is 12.5. The van der Waals surface area contributed by atoms with Gasteiger partial charge in [-0.25, -0.2) is 24.7 Å². The van der Waals surface area contributed by atoms with E-state index in [1.165, 1.54) is 49.8 Å². The third kappa shape index (κ3) is 4.46. The molecule has 212 valence electrons. The van der Waals surface area contributed by atoms with Crippen LogP contribution in [-0.2, 0) is 12.0 Å². The quantitative estimate of drug-likeness (QED) is 0.278. The maximum absolute atomic E-state index is 11.8. The predicted octanol–water partition coefficient (Wildman–Crippen LogP) is 5.75. The average Bonchev–Trinajstić information content (AvgIpc) is 3.21. The summed E-state index contributed by atoms with van der Waals surface area (Å²) in [5.41, 5.74) is 2.55. The van der Waals surface area contributed by atoms with Gasteiger partial charge in [0.2, 0.25) is 11.6 Å². The van der Waals surface area contributed by atoms with Crippen molar-refractivity contribution < 1.29 is 4.52 Å². The maximum Gasteiger partial charge on any atom is 0.439 e. The molecule has 3 aliphatic carbocycles. The molecule has 3 saturated carbocycles. The minimum absolute atomic E-state index is 0.198. The highest BCUT2D eigenvalue weighted by atomic mass is 32.1. The predicted molar refractivity (Wildman–Crippen MR) is 155 cm³/mol. The molecule has 11 heteroatoms. The van der Waals surface area contributed by atoms with E-state index in [0.717, 1.165) is 53.2 Å².